The summed E-state index contributed by atoms with van der Waals surface area (Å²) in [5.74, 6) is 5.44. The summed E-state index contributed by atoms with van der Waals surface area (Å²) in [6.07, 6.45) is 3.35. The Balaban J connectivity index is 1.62. The number of para-hydroxylation sites is 1. The summed E-state index contributed by atoms with van der Waals surface area (Å²) in [5.41, 5.74) is 3.11. The number of nitrogens with one attached hydrogen (secondary N) is 2. The van der Waals surface area contributed by atoms with Crippen molar-refractivity contribution in [1.29, 1.82) is 0 Å². The van der Waals surface area contributed by atoms with Crippen molar-refractivity contribution in [1.82, 2.24) is 25.2 Å². The lowest BCUT2D eigenvalue weighted by atomic mass is 10.0. The molecule has 0 bridgehead atoms. The molecule has 0 saturated carbocycles. The number of benzene rings is 2. The van der Waals surface area contributed by atoms with Crippen molar-refractivity contribution in [3.05, 3.63) is 112 Å². The van der Waals surface area contributed by atoms with Gasteiger partial charge in [0.2, 0.25) is 5.91 Å². The van der Waals surface area contributed by atoms with Crippen molar-refractivity contribution in [3.8, 4) is 17.5 Å². The number of amides is 2. The Hall–Kier alpha value is -5.29. The lowest BCUT2D eigenvalue weighted by Gasteiger charge is -2.22. The van der Waals surface area contributed by atoms with Gasteiger partial charge >= 0.3 is 0 Å². The fourth-order valence-corrected chi connectivity index (χ4v) is 4.70. The van der Waals surface area contributed by atoms with Gasteiger partial charge in [-0.15, -0.1) is 0 Å². The van der Waals surface area contributed by atoms with E-state index in [4.69, 9.17) is 0 Å². The van der Waals surface area contributed by atoms with E-state index in [9.17, 15) is 14.4 Å². The minimum absolute atomic E-state index is 0.176. The number of rotatable bonds is 5. The van der Waals surface area contributed by atoms with E-state index in [2.05, 4.69) is 32.4 Å². The SMILES string of the molecule is CC(=O)NCC#Cc1cccc2cc([C@H](C)NC(=O)c3c(C)ncc4cccnc34)n(-c3ccccc3)c(=O)c12. The van der Waals surface area contributed by atoms with Gasteiger partial charge in [0.1, 0.15) is 0 Å². The topological polar surface area (TPSA) is 106 Å². The predicted octanol–water partition coefficient (Wildman–Crippen LogP) is 4.22. The van der Waals surface area contributed by atoms with Gasteiger partial charge < -0.3 is 10.6 Å². The van der Waals surface area contributed by atoms with Crippen LogP contribution in [0.5, 0.6) is 0 Å². The summed E-state index contributed by atoms with van der Waals surface area (Å²) in [4.78, 5) is 47.7. The summed E-state index contributed by atoms with van der Waals surface area (Å²) in [6, 6.07) is 19.8. The van der Waals surface area contributed by atoms with Gasteiger partial charge in [0.25, 0.3) is 11.5 Å². The van der Waals surface area contributed by atoms with Gasteiger partial charge in [0, 0.05) is 41.6 Å². The zero-order valence-corrected chi connectivity index (χ0v) is 22.4. The van der Waals surface area contributed by atoms with Crippen LogP contribution >= 0.6 is 0 Å². The van der Waals surface area contributed by atoms with Crippen LogP contribution < -0.4 is 16.2 Å². The first kappa shape index (κ1) is 26.3. The molecule has 3 heterocycles. The molecule has 1 atom stereocenters. The minimum atomic E-state index is -0.544. The Morgan fingerprint density at radius 1 is 1.00 bits per heavy atom. The number of carbonyl (C=O) groups is 2. The van der Waals surface area contributed by atoms with Crippen LogP contribution in [0.3, 0.4) is 0 Å². The van der Waals surface area contributed by atoms with E-state index in [1.54, 1.807) is 36.0 Å². The maximum absolute atomic E-state index is 14.1. The molecule has 5 rings (SSSR count). The van der Waals surface area contributed by atoms with Crippen LogP contribution in [0, 0.1) is 18.8 Å². The normalized spacial score (nSPS) is 11.5. The average molecular weight is 530 g/mol. The Bertz CT molecular complexity index is 1880. The van der Waals surface area contributed by atoms with Crippen molar-refractivity contribution in [2.24, 2.45) is 0 Å². The van der Waals surface area contributed by atoms with Gasteiger partial charge in [-0.3, -0.25) is 28.9 Å². The maximum Gasteiger partial charge on any atom is 0.264 e. The van der Waals surface area contributed by atoms with E-state index in [0.717, 1.165) is 5.39 Å². The van der Waals surface area contributed by atoms with Crippen molar-refractivity contribution < 1.29 is 9.59 Å². The molecule has 3 aromatic heterocycles. The number of aromatic nitrogens is 3. The summed E-state index contributed by atoms with van der Waals surface area (Å²) in [5, 5.41) is 7.64. The molecule has 0 spiro atoms. The fraction of sp³-hybridized carbons (Fsp3) is 0.156. The lowest BCUT2D eigenvalue weighted by molar-refractivity contribution is -0.118. The van der Waals surface area contributed by atoms with Crippen LogP contribution in [0.2, 0.25) is 0 Å². The second-order valence-electron chi connectivity index (χ2n) is 9.38. The van der Waals surface area contributed by atoms with Crippen LogP contribution in [-0.4, -0.2) is 32.9 Å². The molecule has 198 valence electrons. The summed E-state index contributed by atoms with van der Waals surface area (Å²) in [7, 11) is 0. The highest BCUT2D eigenvalue weighted by Crippen LogP contribution is 2.24. The number of aryl methyl sites for hydroxylation is 1. The van der Waals surface area contributed by atoms with Crippen molar-refractivity contribution >= 4 is 33.5 Å². The molecule has 2 aromatic carbocycles. The van der Waals surface area contributed by atoms with E-state index in [1.807, 2.05) is 61.5 Å². The van der Waals surface area contributed by atoms with E-state index in [0.29, 0.717) is 44.5 Å². The summed E-state index contributed by atoms with van der Waals surface area (Å²) < 4.78 is 1.61. The highest BCUT2D eigenvalue weighted by molar-refractivity contribution is 6.06. The van der Waals surface area contributed by atoms with E-state index in [-0.39, 0.29) is 23.9 Å². The number of hydrogen-bond acceptors (Lipinski definition) is 5. The zero-order valence-electron chi connectivity index (χ0n) is 22.4. The first-order valence-corrected chi connectivity index (χ1v) is 12.8. The Morgan fingerprint density at radius 3 is 2.55 bits per heavy atom. The highest BCUT2D eigenvalue weighted by atomic mass is 16.2. The molecular formula is C32H27N5O3. The Kier molecular flexibility index (Phi) is 7.38. The molecule has 0 aliphatic carbocycles. The molecule has 8 heteroatoms. The van der Waals surface area contributed by atoms with Crippen LogP contribution in [0.1, 0.15) is 47.2 Å². The van der Waals surface area contributed by atoms with Gasteiger partial charge in [-0.2, -0.15) is 0 Å². The van der Waals surface area contributed by atoms with Crippen LogP contribution in [0.15, 0.2) is 83.9 Å². The summed E-state index contributed by atoms with van der Waals surface area (Å²) in [6.45, 7) is 5.22. The molecule has 0 aliphatic rings. The van der Waals surface area contributed by atoms with Crippen LogP contribution in [-0.2, 0) is 4.79 Å². The van der Waals surface area contributed by atoms with Crippen molar-refractivity contribution in [2.45, 2.75) is 26.8 Å². The van der Waals surface area contributed by atoms with Gasteiger partial charge in [0.05, 0.1) is 34.7 Å². The third-order valence-electron chi connectivity index (χ3n) is 6.59. The second-order valence-corrected chi connectivity index (χ2v) is 9.38. The number of fused-ring (bicyclic) bond motifs is 2. The Labute approximate surface area is 231 Å². The smallest absolute Gasteiger partial charge is 0.264 e. The third-order valence-corrected chi connectivity index (χ3v) is 6.59. The van der Waals surface area contributed by atoms with Gasteiger partial charge in [0.15, 0.2) is 0 Å². The molecule has 2 N–H and O–H groups in total. The molecule has 0 unspecified atom stereocenters. The highest BCUT2D eigenvalue weighted by Gasteiger charge is 2.22. The first-order chi connectivity index (χ1) is 19.3. The minimum Gasteiger partial charge on any atom is -0.345 e. The van der Waals surface area contributed by atoms with Crippen LogP contribution in [0.4, 0.5) is 0 Å². The zero-order chi connectivity index (χ0) is 28.2. The third kappa shape index (κ3) is 5.18. The molecule has 40 heavy (non-hydrogen) atoms. The maximum atomic E-state index is 14.1. The lowest BCUT2D eigenvalue weighted by Crippen LogP contribution is -2.32. The molecule has 0 saturated heterocycles. The van der Waals surface area contributed by atoms with Crippen molar-refractivity contribution in [2.75, 3.05) is 6.54 Å². The number of carbonyl (C=O) groups excluding carboxylic acids is 2. The molecular weight excluding hydrogens is 502 g/mol. The molecule has 0 radical (unpaired) electrons. The van der Waals surface area contributed by atoms with E-state index >= 15 is 0 Å². The van der Waals surface area contributed by atoms with Crippen molar-refractivity contribution in [3.63, 3.8) is 0 Å². The number of hydrogen-bond donors (Lipinski definition) is 2. The van der Waals surface area contributed by atoms with E-state index < -0.39 is 6.04 Å². The van der Waals surface area contributed by atoms with Crippen LogP contribution in [0.25, 0.3) is 27.4 Å². The monoisotopic (exact) mass is 529 g/mol. The second kappa shape index (κ2) is 11.2. The van der Waals surface area contributed by atoms with Gasteiger partial charge in [-0.05, 0) is 55.6 Å². The Morgan fingerprint density at radius 2 is 1.77 bits per heavy atom. The molecule has 2 amide bonds. The number of nitrogens with zero attached hydrogens (tertiary/aromatic N) is 3. The summed E-state index contributed by atoms with van der Waals surface area (Å²) >= 11 is 0. The molecule has 8 nitrogen and oxygen atoms in total. The van der Waals surface area contributed by atoms with Gasteiger partial charge in [-0.25, -0.2) is 0 Å². The van der Waals surface area contributed by atoms with E-state index in [1.165, 1.54) is 6.92 Å². The molecule has 0 aliphatic heterocycles. The average Bonchev–Trinajstić information content (AvgIpc) is 2.95. The van der Waals surface area contributed by atoms with Gasteiger partial charge in [-0.1, -0.05) is 42.2 Å². The standard InChI is InChI=1S/C32H27N5O3/c1-20(36-31(39)28-21(2)35-19-25-13-9-17-34-30(25)28)27-18-24-11-7-10-23(12-8-16-33-22(3)38)29(24)32(40)37(27)26-14-5-4-6-15-26/h4-7,9-11,13-15,17-20H,16H2,1-3H3,(H,33,38)(H,36,39)/t20-/m0/s1. The largest absolute Gasteiger partial charge is 0.345 e. The molecule has 0 fully saturated rings. The predicted molar refractivity (Wildman–Crippen MR) is 155 cm³/mol. The molecule has 5 aromatic rings. The first-order valence-electron chi connectivity index (χ1n) is 12.8. The number of pyridine rings is 3. The quantitative estimate of drug-likeness (QED) is 0.332. The fourth-order valence-electron chi connectivity index (χ4n) is 4.70.